The van der Waals surface area contributed by atoms with Gasteiger partial charge in [0.2, 0.25) is 5.91 Å². The highest BCUT2D eigenvalue weighted by Gasteiger charge is 2.38. The summed E-state index contributed by atoms with van der Waals surface area (Å²) >= 11 is 12.1. The Bertz CT molecular complexity index is 778. The molecule has 1 atom stereocenters. The molecule has 1 aliphatic heterocycles. The molecule has 106 valence electrons. The van der Waals surface area contributed by atoms with Crippen LogP contribution in [0.4, 0.5) is 5.82 Å². The fourth-order valence-electron chi connectivity index (χ4n) is 2.38. The number of hydrogen-bond acceptors (Lipinski definition) is 3. The van der Waals surface area contributed by atoms with Crippen LogP contribution in [0.25, 0.3) is 5.69 Å². The third-order valence-corrected chi connectivity index (χ3v) is 3.95. The van der Waals surface area contributed by atoms with E-state index in [1.807, 2.05) is 6.92 Å². The molecular weight excluding hydrogens is 311 g/mol. The van der Waals surface area contributed by atoms with Gasteiger partial charge >= 0.3 is 0 Å². The summed E-state index contributed by atoms with van der Waals surface area (Å²) in [5.41, 5.74) is 0.908. The number of amides is 1. The van der Waals surface area contributed by atoms with Crippen LogP contribution in [0.1, 0.15) is 18.9 Å². The van der Waals surface area contributed by atoms with E-state index in [2.05, 4.69) is 11.2 Å². The molecule has 3 rings (SSSR count). The van der Waals surface area contributed by atoms with Crippen molar-refractivity contribution in [1.82, 2.24) is 9.78 Å². The number of carbonyl (C=O) groups is 1. The third kappa shape index (κ3) is 2.17. The number of rotatable bonds is 2. The largest absolute Gasteiger partial charge is 0.292 e. The van der Waals surface area contributed by atoms with E-state index in [4.69, 9.17) is 23.2 Å². The number of benzene rings is 1. The van der Waals surface area contributed by atoms with Crippen LogP contribution in [-0.4, -0.2) is 21.7 Å². The first-order chi connectivity index (χ1) is 10.0. The lowest BCUT2D eigenvalue weighted by atomic mass is 10.0. The highest BCUT2D eigenvalue weighted by atomic mass is 35.5. The number of aromatic nitrogens is 2. The zero-order valence-corrected chi connectivity index (χ0v) is 12.6. The van der Waals surface area contributed by atoms with Crippen molar-refractivity contribution in [2.75, 3.05) is 4.90 Å². The summed E-state index contributed by atoms with van der Waals surface area (Å²) in [4.78, 5) is 13.4. The first kappa shape index (κ1) is 13.9. The Kier molecular flexibility index (Phi) is 3.36. The second-order valence-corrected chi connectivity index (χ2v) is 5.66. The van der Waals surface area contributed by atoms with E-state index >= 15 is 0 Å². The van der Waals surface area contributed by atoms with E-state index in [9.17, 15) is 10.1 Å². The van der Waals surface area contributed by atoms with Crippen LogP contribution in [0.3, 0.4) is 0 Å². The number of halogens is 2. The minimum atomic E-state index is -0.0363. The van der Waals surface area contributed by atoms with Gasteiger partial charge in [-0.3, -0.25) is 9.69 Å². The average molecular weight is 321 g/mol. The molecule has 0 aliphatic carbocycles. The van der Waals surface area contributed by atoms with Crippen LogP contribution in [0.15, 0.2) is 24.4 Å². The van der Waals surface area contributed by atoms with Crippen molar-refractivity contribution in [2.45, 2.75) is 19.4 Å². The normalized spacial score (nSPS) is 17.5. The molecule has 5 nitrogen and oxygen atoms in total. The molecule has 1 amide bonds. The van der Waals surface area contributed by atoms with Gasteiger partial charge in [-0.2, -0.15) is 10.4 Å². The molecule has 1 aromatic heterocycles. The summed E-state index contributed by atoms with van der Waals surface area (Å²) in [5, 5.41) is 14.3. The Hall–Kier alpha value is -2.03. The number of β-lactam (4-membered cyclic amide) rings is 1. The molecular formula is C14H10Cl2N4O. The van der Waals surface area contributed by atoms with Crippen molar-refractivity contribution in [1.29, 1.82) is 5.26 Å². The predicted octanol–water partition coefficient (Wildman–Crippen LogP) is 3.18. The minimum absolute atomic E-state index is 0.0334. The number of hydrogen-bond donors (Lipinski definition) is 0. The third-order valence-electron chi connectivity index (χ3n) is 3.41. The van der Waals surface area contributed by atoms with Crippen LogP contribution in [-0.2, 0) is 4.79 Å². The second-order valence-electron chi connectivity index (χ2n) is 4.82. The lowest BCUT2D eigenvalue weighted by Crippen LogP contribution is -2.52. The minimum Gasteiger partial charge on any atom is -0.292 e. The maximum atomic E-state index is 11.9. The van der Waals surface area contributed by atoms with Crippen LogP contribution in [0.2, 0.25) is 10.0 Å². The molecule has 21 heavy (non-hydrogen) atoms. The molecule has 1 unspecified atom stereocenters. The van der Waals surface area contributed by atoms with Crippen LogP contribution in [0, 0.1) is 11.3 Å². The van der Waals surface area contributed by atoms with Crippen molar-refractivity contribution >= 4 is 34.9 Å². The smallest absolute Gasteiger partial charge is 0.230 e. The molecule has 0 spiro atoms. The zero-order chi connectivity index (χ0) is 15.1. The molecule has 7 heteroatoms. The summed E-state index contributed by atoms with van der Waals surface area (Å²) < 4.78 is 1.50. The van der Waals surface area contributed by atoms with Crippen LogP contribution in [0.5, 0.6) is 0 Å². The van der Waals surface area contributed by atoms with Crippen LogP contribution >= 0.6 is 23.2 Å². The summed E-state index contributed by atoms with van der Waals surface area (Å²) in [6.45, 7) is 1.92. The van der Waals surface area contributed by atoms with E-state index in [0.717, 1.165) is 0 Å². The van der Waals surface area contributed by atoms with E-state index in [-0.39, 0.29) is 11.9 Å². The lowest BCUT2D eigenvalue weighted by molar-refractivity contribution is -0.123. The van der Waals surface area contributed by atoms with Gasteiger partial charge in [-0.25, -0.2) is 4.68 Å². The van der Waals surface area contributed by atoms with E-state index in [1.165, 1.54) is 10.9 Å². The number of anilines is 1. The van der Waals surface area contributed by atoms with Gasteiger partial charge in [-0.1, -0.05) is 23.2 Å². The van der Waals surface area contributed by atoms with Gasteiger partial charge in [0.1, 0.15) is 11.6 Å². The van der Waals surface area contributed by atoms with Gasteiger partial charge in [0.15, 0.2) is 5.82 Å². The molecule has 2 heterocycles. The summed E-state index contributed by atoms with van der Waals surface area (Å²) in [5.74, 6) is 0.413. The van der Waals surface area contributed by atoms with Gasteiger partial charge in [-0.15, -0.1) is 0 Å². The monoisotopic (exact) mass is 320 g/mol. The molecule has 1 fully saturated rings. The maximum absolute atomic E-state index is 11.9. The standard InChI is InChI=1S/C14H10Cl2N4O/c1-8-4-13(21)19(8)14-9(6-17)7-18-20(14)12-3-2-10(15)5-11(12)16/h2-3,5,7-8H,4H2,1H3. The summed E-state index contributed by atoms with van der Waals surface area (Å²) in [6, 6.07) is 7.08. The Balaban J connectivity index is 2.18. The molecule has 0 N–H and O–H groups in total. The molecule has 0 radical (unpaired) electrons. The molecule has 2 aromatic rings. The van der Waals surface area contributed by atoms with E-state index in [1.54, 1.807) is 23.1 Å². The Morgan fingerprint density at radius 2 is 2.19 bits per heavy atom. The van der Waals surface area contributed by atoms with E-state index in [0.29, 0.717) is 33.5 Å². The van der Waals surface area contributed by atoms with Crippen molar-refractivity contribution in [3.63, 3.8) is 0 Å². The van der Waals surface area contributed by atoms with Crippen LogP contribution < -0.4 is 4.90 Å². The summed E-state index contributed by atoms with van der Waals surface area (Å²) in [6.07, 6.45) is 1.89. The zero-order valence-electron chi connectivity index (χ0n) is 11.0. The maximum Gasteiger partial charge on any atom is 0.230 e. The highest BCUT2D eigenvalue weighted by Crippen LogP contribution is 2.34. The van der Waals surface area contributed by atoms with Crippen molar-refractivity contribution < 1.29 is 4.79 Å². The molecule has 1 aliphatic rings. The first-order valence-electron chi connectivity index (χ1n) is 6.28. The van der Waals surface area contributed by atoms with Gasteiger partial charge in [0.25, 0.3) is 0 Å². The number of nitriles is 1. The Morgan fingerprint density at radius 1 is 1.43 bits per heavy atom. The Labute approximate surface area is 131 Å². The van der Waals surface area contributed by atoms with Crippen molar-refractivity contribution in [2.24, 2.45) is 0 Å². The van der Waals surface area contributed by atoms with E-state index < -0.39 is 0 Å². The number of carbonyl (C=O) groups excluding carboxylic acids is 1. The van der Waals surface area contributed by atoms with Gasteiger partial charge in [-0.05, 0) is 25.1 Å². The fraction of sp³-hybridized carbons (Fsp3) is 0.214. The fourth-order valence-corrected chi connectivity index (χ4v) is 2.87. The molecule has 1 aromatic carbocycles. The highest BCUT2D eigenvalue weighted by molar-refractivity contribution is 6.35. The quantitative estimate of drug-likeness (QED) is 0.798. The SMILES string of the molecule is CC1CC(=O)N1c1c(C#N)cnn1-c1ccc(Cl)cc1Cl. The van der Waals surface area contributed by atoms with Crippen molar-refractivity contribution in [3.05, 3.63) is 40.0 Å². The topological polar surface area (TPSA) is 61.9 Å². The second kappa shape index (κ2) is 5.06. The number of nitrogens with zero attached hydrogens (tertiary/aromatic N) is 4. The van der Waals surface area contributed by atoms with Gasteiger partial charge in [0, 0.05) is 17.5 Å². The lowest BCUT2D eigenvalue weighted by Gasteiger charge is -2.38. The predicted molar refractivity (Wildman–Crippen MR) is 79.9 cm³/mol. The first-order valence-corrected chi connectivity index (χ1v) is 7.04. The van der Waals surface area contributed by atoms with Gasteiger partial charge in [0.05, 0.1) is 16.9 Å². The Morgan fingerprint density at radius 3 is 2.76 bits per heavy atom. The molecule has 1 saturated heterocycles. The van der Waals surface area contributed by atoms with Gasteiger partial charge < -0.3 is 0 Å². The average Bonchev–Trinajstić information content (AvgIpc) is 2.82. The summed E-state index contributed by atoms with van der Waals surface area (Å²) in [7, 11) is 0. The molecule has 0 saturated carbocycles. The van der Waals surface area contributed by atoms with Crippen molar-refractivity contribution in [3.8, 4) is 11.8 Å². The molecule has 0 bridgehead atoms.